The first-order chi connectivity index (χ1) is 15.2. The van der Waals surface area contributed by atoms with Crippen molar-refractivity contribution in [3.8, 4) is 0 Å². The minimum atomic E-state index is -4.37. The molecule has 2 aromatic rings. The van der Waals surface area contributed by atoms with Gasteiger partial charge in [0.25, 0.3) is 10.1 Å². The largest absolute Gasteiger partial charge is 0.425 e. The average molecular weight is 528 g/mol. The van der Waals surface area contributed by atoms with Crippen LogP contribution in [0.1, 0.15) is 0 Å². The molecule has 0 aliphatic carbocycles. The number of nitrogen functional groups attached to an aromatic ring is 1. The fourth-order valence-electron chi connectivity index (χ4n) is 2.24. The lowest BCUT2D eigenvalue weighted by Crippen LogP contribution is -2.36. The highest BCUT2D eigenvalue weighted by atomic mass is 32.2. The van der Waals surface area contributed by atoms with E-state index in [1.54, 1.807) is 0 Å². The van der Waals surface area contributed by atoms with Crippen molar-refractivity contribution in [2.45, 2.75) is 4.90 Å². The third-order valence-electron chi connectivity index (χ3n) is 3.50. The van der Waals surface area contributed by atoms with E-state index in [0.717, 1.165) is 10.6 Å². The fraction of sp³-hybridized carbons (Fsp3) is 0.357. The van der Waals surface area contributed by atoms with Crippen LogP contribution in [0.15, 0.2) is 29.2 Å². The Hall–Kier alpha value is -2.97. The molecular weight excluding hydrogens is 506 g/mol. The fourth-order valence-corrected chi connectivity index (χ4v) is 3.60. The Balaban J connectivity index is 0.00000125. The van der Waals surface area contributed by atoms with E-state index in [-0.39, 0.29) is 54.7 Å². The van der Waals surface area contributed by atoms with Gasteiger partial charge in [0.1, 0.15) is 0 Å². The molecule has 16 nitrogen and oxygen atoms in total. The Bertz CT molecular complexity index is 1260. The SMILES string of the molecule is CS(=O)(=O)N(CCO)CCNc1nc(N)nc(Nc2cccc(S(=O)(=O)O)c2)n1.O=S(=O)=O. The van der Waals surface area contributed by atoms with E-state index in [0.29, 0.717) is 0 Å². The molecule has 0 fully saturated rings. The Morgan fingerprint density at radius 2 is 1.67 bits per heavy atom. The molecule has 0 bridgehead atoms. The number of hydrogen-bond donors (Lipinski definition) is 5. The number of rotatable bonds is 10. The minimum Gasteiger partial charge on any atom is -0.395 e. The van der Waals surface area contributed by atoms with Crippen molar-refractivity contribution in [3.05, 3.63) is 24.3 Å². The van der Waals surface area contributed by atoms with Crippen LogP contribution >= 0.6 is 0 Å². The van der Waals surface area contributed by atoms with Crippen LogP contribution < -0.4 is 16.4 Å². The molecule has 0 atom stereocenters. The molecular formula is C14H21N7O9S3. The van der Waals surface area contributed by atoms with Crippen LogP contribution in [0.2, 0.25) is 0 Å². The number of aromatic nitrogens is 3. The second-order valence-corrected chi connectivity index (χ2v) is 9.80. The van der Waals surface area contributed by atoms with Crippen LogP contribution in [-0.4, -0.2) is 90.9 Å². The van der Waals surface area contributed by atoms with Crippen LogP contribution in [0.5, 0.6) is 0 Å². The normalized spacial score (nSPS) is 11.4. The molecule has 2 rings (SSSR count). The number of aliphatic hydroxyl groups is 1. The lowest BCUT2D eigenvalue weighted by Gasteiger charge is -2.18. The summed E-state index contributed by atoms with van der Waals surface area (Å²) in [4.78, 5) is 11.5. The van der Waals surface area contributed by atoms with Crippen molar-refractivity contribution in [2.24, 2.45) is 0 Å². The maximum Gasteiger partial charge on any atom is 0.425 e. The topological polar surface area (TPSA) is 252 Å². The third kappa shape index (κ3) is 10.9. The van der Waals surface area contributed by atoms with Crippen LogP contribution in [0.4, 0.5) is 23.5 Å². The predicted octanol–water partition coefficient (Wildman–Crippen LogP) is -1.89. The van der Waals surface area contributed by atoms with Gasteiger partial charge in [0.15, 0.2) is 0 Å². The Morgan fingerprint density at radius 1 is 1.06 bits per heavy atom. The third-order valence-corrected chi connectivity index (χ3v) is 5.66. The van der Waals surface area contributed by atoms with Gasteiger partial charge < -0.3 is 21.5 Å². The molecule has 0 spiro atoms. The van der Waals surface area contributed by atoms with Gasteiger partial charge in [-0.3, -0.25) is 4.55 Å². The van der Waals surface area contributed by atoms with Gasteiger partial charge in [0.2, 0.25) is 27.9 Å². The van der Waals surface area contributed by atoms with Crippen molar-refractivity contribution in [2.75, 3.05) is 48.9 Å². The molecule has 6 N–H and O–H groups in total. The van der Waals surface area contributed by atoms with Crippen LogP contribution in [0.3, 0.4) is 0 Å². The zero-order valence-corrected chi connectivity index (χ0v) is 19.4. The van der Waals surface area contributed by atoms with Crippen molar-refractivity contribution < 1.29 is 39.1 Å². The summed E-state index contributed by atoms with van der Waals surface area (Å²) in [6.45, 7) is -0.169. The minimum absolute atomic E-state index is 0.00261. The number of nitrogens with zero attached hydrogens (tertiary/aromatic N) is 4. The standard InChI is InChI=1S/C14H21N7O6S2.O3S/c1-28(23,24)21(7-8-22)6-5-16-13-18-12(15)19-14(20-13)17-10-3-2-4-11(9-10)29(25,26)27;1-4(2)3/h2-4,9,22H,5-8H2,1H3,(H,25,26,27)(H4,15,16,17,18,19,20);. The van der Waals surface area contributed by atoms with Gasteiger partial charge in [-0.25, -0.2) is 8.42 Å². The van der Waals surface area contributed by atoms with E-state index < -0.39 is 30.8 Å². The van der Waals surface area contributed by atoms with Gasteiger partial charge >= 0.3 is 10.6 Å². The number of sulfonamides is 1. The van der Waals surface area contributed by atoms with Gasteiger partial charge in [0.05, 0.1) is 17.8 Å². The lowest BCUT2D eigenvalue weighted by molar-refractivity contribution is 0.256. The molecule has 0 saturated carbocycles. The maximum absolute atomic E-state index is 11.6. The molecule has 0 radical (unpaired) electrons. The summed E-state index contributed by atoms with van der Waals surface area (Å²) in [5, 5.41) is 14.5. The second kappa shape index (κ2) is 12.3. The smallest absolute Gasteiger partial charge is 0.395 e. The predicted molar refractivity (Wildman–Crippen MR) is 115 cm³/mol. The molecule has 0 saturated heterocycles. The zero-order chi connectivity index (χ0) is 25.2. The second-order valence-electron chi connectivity index (χ2n) is 5.99. The molecule has 19 heteroatoms. The van der Waals surface area contributed by atoms with Gasteiger partial charge in [0, 0.05) is 25.3 Å². The molecule has 0 unspecified atom stereocenters. The van der Waals surface area contributed by atoms with Gasteiger partial charge in [-0.15, -0.1) is 12.6 Å². The van der Waals surface area contributed by atoms with Crippen LogP contribution in [0.25, 0.3) is 0 Å². The van der Waals surface area contributed by atoms with E-state index in [2.05, 4.69) is 25.6 Å². The molecule has 0 amide bonds. The van der Waals surface area contributed by atoms with E-state index in [1.165, 1.54) is 24.3 Å². The summed E-state index contributed by atoms with van der Waals surface area (Å²) in [6.07, 6.45) is 1.03. The highest BCUT2D eigenvalue weighted by Crippen LogP contribution is 2.19. The monoisotopic (exact) mass is 527 g/mol. The van der Waals surface area contributed by atoms with Crippen molar-refractivity contribution in [1.29, 1.82) is 0 Å². The van der Waals surface area contributed by atoms with Gasteiger partial charge in [-0.05, 0) is 18.2 Å². The summed E-state index contributed by atoms with van der Waals surface area (Å²) in [7, 11) is -11.0. The first-order valence-electron chi connectivity index (χ1n) is 8.65. The van der Waals surface area contributed by atoms with E-state index in [4.69, 9.17) is 28.0 Å². The Labute approximate surface area is 190 Å². The number of nitrogens with one attached hydrogen (secondary N) is 2. The number of aliphatic hydroxyl groups excluding tert-OH is 1. The number of anilines is 4. The number of nitrogens with two attached hydrogens (primary N) is 1. The summed E-state index contributed by atoms with van der Waals surface area (Å²) < 4.78 is 81.3. The van der Waals surface area contributed by atoms with E-state index >= 15 is 0 Å². The maximum atomic E-state index is 11.6. The summed E-state index contributed by atoms with van der Waals surface area (Å²) in [5.74, 6) is -0.0718. The molecule has 184 valence electrons. The van der Waals surface area contributed by atoms with Gasteiger partial charge in [-0.1, -0.05) is 6.07 Å². The number of benzene rings is 1. The Kier molecular flexibility index (Phi) is 10.5. The van der Waals surface area contributed by atoms with E-state index in [1.807, 2.05) is 0 Å². The molecule has 1 aromatic heterocycles. The summed E-state index contributed by atoms with van der Waals surface area (Å²) in [6, 6.07) is 5.34. The lowest BCUT2D eigenvalue weighted by atomic mass is 10.3. The summed E-state index contributed by atoms with van der Waals surface area (Å²) >= 11 is 0. The van der Waals surface area contributed by atoms with Crippen molar-refractivity contribution in [3.63, 3.8) is 0 Å². The quantitative estimate of drug-likeness (QED) is 0.212. The summed E-state index contributed by atoms with van der Waals surface area (Å²) in [5.41, 5.74) is 5.92. The molecule has 1 heterocycles. The molecule has 33 heavy (non-hydrogen) atoms. The highest BCUT2D eigenvalue weighted by molar-refractivity contribution is 7.88. The molecule has 0 aliphatic heterocycles. The highest BCUT2D eigenvalue weighted by Gasteiger charge is 2.16. The van der Waals surface area contributed by atoms with Crippen LogP contribution in [-0.2, 0) is 30.8 Å². The van der Waals surface area contributed by atoms with Crippen molar-refractivity contribution >= 4 is 54.3 Å². The zero-order valence-electron chi connectivity index (χ0n) is 17.0. The van der Waals surface area contributed by atoms with Crippen molar-refractivity contribution in [1.82, 2.24) is 19.3 Å². The Morgan fingerprint density at radius 3 is 2.21 bits per heavy atom. The molecule has 0 aliphatic rings. The van der Waals surface area contributed by atoms with Crippen LogP contribution in [0, 0.1) is 0 Å². The first kappa shape index (κ1) is 28.1. The first-order valence-corrected chi connectivity index (χ1v) is 12.9. The van der Waals surface area contributed by atoms with Gasteiger partial charge in [-0.2, -0.15) is 27.7 Å². The molecule has 1 aromatic carbocycles. The average Bonchev–Trinajstić information content (AvgIpc) is 2.65. The van der Waals surface area contributed by atoms with E-state index in [9.17, 15) is 16.8 Å². The number of hydrogen-bond acceptors (Lipinski definition) is 14.